The number of hydrogen-bond acceptors (Lipinski definition) is 4. The van der Waals surface area contributed by atoms with Gasteiger partial charge in [-0.3, -0.25) is 10.1 Å². The number of ketones is 1. The van der Waals surface area contributed by atoms with Crippen LogP contribution in [0.1, 0.15) is 27.9 Å². The molecule has 0 saturated carbocycles. The molecule has 1 aliphatic rings. The summed E-state index contributed by atoms with van der Waals surface area (Å²) in [5.74, 6) is 0.869. The van der Waals surface area contributed by atoms with Crippen molar-refractivity contribution in [2.75, 3.05) is 13.7 Å². The van der Waals surface area contributed by atoms with Crippen LogP contribution in [0.4, 0.5) is 0 Å². The van der Waals surface area contributed by atoms with E-state index in [0.29, 0.717) is 19.5 Å². The van der Waals surface area contributed by atoms with Gasteiger partial charge in [-0.25, -0.2) is 0 Å². The van der Waals surface area contributed by atoms with E-state index >= 15 is 0 Å². The predicted molar refractivity (Wildman–Crippen MR) is 90.7 cm³/mol. The van der Waals surface area contributed by atoms with E-state index in [1.54, 1.807) is 7.11 Å². The summed E-state index contributed by atoms with van der Waals surface area (Å²) in [6, 6.07) is 15.7. The van der Waals surface area contributed by atoms with E-state index in [0.717, 1.165) is 28.9 Å². The minimum atomic E-state index is -0.683. The molecule has 0 fully saturated rings. The molecule has 0 heterocycles. The lowest BCUT2D eigenvalue weighted by atomic mass is 9.76. The molecule has 3 rings (SSSR count). The number of hydrogen-bond donors (Lipinski definition) is 2. The number of ether oxygens (including phenoxy) is 1. The number of carbonyl (C=O) groups excluding carboxylic acids is 1. The molecule has 0 bridgehead atoms. The van der Waals surface area contributed by atoms with Crippen LogP contribution in [0, 0.1) is 0 Å². The van der Waals surface area contributed by atoms with Gasteiger partial charge in [-0.2, -0.15) is 0 Å². The highest BCUT2D eigenvalue weighted by Crippen LogP contribution is 2.31. The van der Waals surface area contributed by atoms with Gasteiger partial charge in [0.1, 0.15) is 5.75 Å². The van der Waals surface area contributed by atoms with Crippen LogP contribution in [0.15, 0.2) is 48.5 Å². The first kappa shape index (κ1) is 15.7. The Hall–Kier alpha value is -2.17. The smallest absolute Gasteiger partial charge is 0.184 e. The number of carbonyl (C=O) groups is 1. The van der Waals surface area contributed by atoms with Gasteiger partial charge in [0.2, 0.25) is 0 Å². The lowest BCUT2D eigenvalue weighted by Gasteiger charge is -2.36. The molecule has 0 amide bonds. The predicted octanol–water partition coefficient (Wildman–Crippen LogP) is 2.31. The summed E-state index contributed by atoms with van der Waals surface area (Å²) >= 11 is 0. The number of rotatable bonds is 5. The Morgan fingerprint density at radius 2 is 2.00 bits per heavy atom. The number of fused-ring (bicyclic) bond motifs is 1. The van der Waals surface area contributed by atoms with E-state index in [1.165, 1.54) is 0 Å². The third-order valence-electron chi connectivity index (χ3n) is 4.63. The minimum absolute atomic E-state index is 0.0832. The molecule has 1 aliphatic carbocycles. The molecule has 0 spiro atoms. The van der Waals surface area contributed by atoms with Crippen LogP contribution in [0.5, 0.6) is 5.75 Å². The SMILES string of the molecule is COc1ccc2c(c1)CCC(CN)(NCc1ccccc1)C2=O. The van der Waals surface area contributed by atoms with Gasteiger partial charge in [0.15, 0.2) is 5.78 Å². The molecule has 23 heavy (non-hydrogen) atoms. The quantitative estimate of drug-likeness (QED) is 0.889. The molecule has 2 aromatic carbocycles. The Balaban J connectivity index is 1.83. The van der Waals surface area contributed by atoms with Gasteiger partial charge in [0, 0.05) is 18.7 Å². The van der Waals surface area contributed by atoms with Crippen LogP contribution in [0.25, 0.3) is 0 Å². The van der Waals surface area contributed by atoms with Gasteiger partial charge in [0.05, 0.1) is 12.6 Å². The van der Waals surface area contributed by atoms with Crippen molar-refractivity contribution in [2.45, 2.75) is 24.9 Å². The zero-order valence-corrected chi connectivity index (χ0v) is 13.3. The standard InChI is InChI=1S/C19H22N2O2/c1-23-16-7-8-17-15(11-16)9-10-19(13-20,18(17)22)21-12-14-5-3-2-4-6-14/h2-8,11,21H,9-10,12-13,20H2,1H3. The van der Waals surface area contributed by atoms with E-state index in [1.807, 2.05) is 48.5 Å². The van der Waals surface area contributed by atoms with Gasteiger partial charge in [0.25, 0.3) is 0 Å². The molecule has 0 aromatic heterocycles. The molecule has 0 saturated heterocycles. The molecule has 3 N–H and O–H groups in total. The molecule has 4 nitrogen and oxygen atoms in total. The van der Waals surface area contributed by atoms with E-state index < -0.39 is 5.54 Å². The monoisotopic (exact) mass is 310 g/mol. The van der Waals surface area contributed by atoms with Crippen LogP contribution in [-0.2, 0) is 13.0 Å². The summed E-state index contributed by atoms with van der Waals surface area (Å²) < 4.78 is 5.25. The highest BCUT2D eigenvalue weighted by atomic mass is 16.5. The van der Waals surface area contributed by atoms with Crippen molar-refractivity contribution in [2.24, 2.45) is 5.73 Å². The summed E-state index contributed by atoms with van der Waals surface area (Å²) in [4.78, 5) is 13.0. The number of Topliss-reactive ketones (excluding diaryl/α,β-unsaturated/α-hetero) is 1. The Morgan fingerprint density at radius 1 is 1.22 bits per heavy atom. The van der Waals surface area contributed by atoms with Crippen LogP contribution < -0.4 is 15.8 Å². The fraction of sp³-hybridized carbons (Fsp3) is 0.316. The Bertz CT molecular complexity index is 700. The van der Waals surface area contributed by atoms with Gasteiger partial charge >= 0.3 is 0 Å². The van der Waals surface area contributed by atoms with Crippen LogP contribution >= 0.6 is 0 Å². The van der Waals surface area contributed by atoms with Crippen molar-refractivity contribution >= 4 is 5.78 Å². The van der Waals surface area contributed by atoms with Gasteiger partial charge in [-0.15, -0.1) is 0 Å². The number of methoxy groups -OCH3 is 1. The number of aryl methyl sites for hydroxylation is 1. The minimum Gasteiger partial charge on any atom is -0.497 e. The van der Waals surface area contributed by atoms with Crippen molar-refractivity contribution in [1.29, 1.82) is 0 Å². The first-order valence-corrected chi connectivity index (χ1v) is 7.89. The van der Waals surface area contributed by atoms with Crippen LogP contribution in [0.2, 0.25) is 0 Å². The lowest BCUT2D eigenvalue weighted by molar-refractivity contribution is 0.0829. The maximum atomic E-state index is 13.0. The number of nitrogens with two attached hydrogens (primary N) is 1. The highest BCUT2D eigenvalue weighted by molar-refractivity contribution is 6.05. The van der Waals surface area contributed by atoms with Crippen LogP contribution in [-0.4, -0.2) is 25.0 Å². The number of benzene rings is 2. The van der Waals surface area contributed by atoms with E-state index in [4.69, 9.17) is 10.5 Å². The summed E-state index contributed by atoms with van der Waals surface area (Å²) in [5, 5.41) is 3.41. The Morgan fingerprint density at radius 3 is 2.70 bits per heavy atom. The second-order valence-electron chi connectivity index (χ2n) is 5.98. The first-order valence-electron chi connectivity index (χ1n) is 7.89. The van der Waals surface area contributed by atoms with Gasteiger partial charge in [-0.05, 0) is 42.2 Å². The molecule has 120 valence electrons. The van der Waals surface area contributed by atoms with E-state index in [2.05, 4.69) is 5.32 Å². The summed E-state index contributed by atoms with van der Waals surface area (Å²) in [6.45, 7) is 0.930. The second kappa shape index (κ2) is 6.52. The van der Waals surface area contributed by atoms with Gasteiger partial charge < -0.3 is 10.5 Å². The molecule has 0 radical (unpaired) electrons. The van der Waals surface area contributed by atoms with Gasteiger partial charge in [-0.1, -0.05) is 30.3 Å². The van der Waals surface area contributed by atoms with Crippen molar-refractivity contribution < 1.29 is 9.53 Å². The molecular weight excluding hydrogens is 288 g/mol. The fourth-order valence-corrected chi connectivity index (χ4v) is 3.15. The van der Waals surface area contributed by atoms with E-state index in [9.17, 15) is 4.79 Å². The molecule has 0 aliphatic heterocycles. The zero-order chi connectivity index (χ0) is 16.3. The number of nitrogens with one attached hydrogen (secondary N) is 1. The topological polar surface area (TPSA) is 64.3 Å². The summed E-state index contributed by atoms with van der Waals surface area (Å²) in [7, 11) is 1.64. The molecule has 1 atom stereocenters. The van der Waals surface area contributed by atoms with Crippen molar-refractivity contribution in [3.63, 3.8) is 0 Å². The summed E-state index contributed by atoms with van der Waals surface area (Å²) in [5.41, 5.74) is 8.26. The maximum Gasteiger partial charge on any atom is 0.184 e. The third kappa shape index (κ3) is 3.00. The molecular formula is C19H22N2O2. The fourth-order valence-electron chi connectivity index (χ4n) is 3.15. The average molecular weight is 310 g/mol. The molecule has 1 unspecified atom stereocenters. The average Bonchev–Trinajstić information content (AvgIpc) is 2.62. The molecule has 2 aromatic rings. The van der Waals surface area contributed by atoms with Crippen molar-refractivity contribution in [3.05, 3.63) is 65.2 Å². The maximum absolute atomic E-state index is 13.0. The Kier molecular flexibility index (Phi) is 4.46. The second-order valence-corrected chi connectivity index (χ2v) is 5.98. The molecule has 4 heteroatoms. The largest absolute Gasteiger partial charge is 0.497 e. The normalized spacial score (nSPS) is 20.2. The van der Waals surface area contributed by atoms with Crippen molar-refractivity contribution in [1.82, 2.24) is 5.32 Å². The Labute approximate surface area is 136 Å². The van der Waals surface area contributed by atoms with Crippen LogP contribution in [0.3, 0.4) is 0 Å². The highest BCUT2D eigenvalue weighted by Gasteiger charge is 2.41. The summed E-state index contributed by atoms with van der Waals surface area (Å²) in [6.07, 6.45) is 1.52. The van der Waals surface area contributed by atoms with Crippen molar-refractivity contribution in [3.8, 4) is 5.75 Å². The van der Waals surface area contributed by atoms with E-state index in [-0.39, 0.29) is 5.78 Å². The first-order chi connectivity index (χ1) is 11.2. The third-order valence-corrected chi connectivity index (χ3v) is 4.63. The zero-order valence-electron chi connectivity index (χ0n) is 13.3. The lowest BCUT2D eigenvalue weighted by Crippen LogP contribution is -2.59.